The minimum Gasteiger partial charge on any atom is -0.473 e. The number of hydrogen-bond acceptors (Lipinski definition) is 7. The number of carbonyl (C=O) groups excluding carboxylic acids is 1. The van der Waals surface area contributed by atoms with Gasteiger partial charge in [0.05, 0.1) is 6.54 Å². The van der Waals surface area contributed by atoms with Crippen LogP contribution in [-0.2, 0) is 11.4 Å². The molecule has 1 saturated heterocycles. The van der Waals surface area contributed by atoms with Crippen LogP contribution in [-0.4, -0.2) is 53.5 Å². The molecule has 132 valence electrons. The summed E-state index contributed by atoms with van der Waals surface area (Å²) >= 11 is 0. The fraction of sp³-hybridized carbons (Fsp3) is 0.353. The van der Waals surface area contributed by atoms with Crippen molar-refractivity contribution in [3.8, 4) is 5.88 Å². The Balaban J connectivity index is 1.54. The van der Waals surface area contributed by atoms with E-state index in [1.54, 1.807) is 12.3 Å². The lowest BCUT2D eigenvalue weighted by Gasteiger charge is -2.34. The van der Waals surface area contributed by atoms with Crippen LogP contribution in [0.15, 0.2) is 42.6 Å². The fourth-order valence-electron chi connectivity index (χ4n) is 2.65. The number of nitrogens with zero attached hydrogens (tertiary/aromatic N) is 4. The first-order valence-electron chi connectivity index (χ1n) is 8.21. The average molecular weight is 342 g/mol. The Labute approximate surface area is 146 Å². The molecule has 1 fully saturated rings. The first-order chi connectivity index (χ1) is 12.2. The van der Waals surface area contributed by atoms with E-state index in [1.807, 2.05) is 30.3 Å². The lowest BCUT2D eigenvalue weighted by molar-refractivity contribution is -0.122. The predicted octanol–water partition coefficient (Wildman–Crippen LogP) is 0.167. The third kappa shape index (κ3) is 4.88. The zero-order chi connectivity index (χ0) is 17.5. The maximum atomic E-state index is 11.3. The molecular weight excluding hydrogens is 320 g/mol. The van der Waals surface area contributed by atoms with Crippen LogP contribution in [0.5, 0.6) is 5.88 Å². The van der Waals surface area contributed by atoms with E-state index < -0.39 is 0 Å². The number of hydrogen-bond donors (Lipinski definition) is 2. The van der Waals surface area contributed by atoms with Crippen molar-refractivity contribution < 1.29 is 9.53 Å². The zero-order valence-corrected chi connectivity index (χ0v) is 14.0. The smallest absolute Gasteiger partial charge is 0.248 e. The summed E-state index contributed by atoms with van der Waals surface area (Å²) in [5, 5.41) is 0. The Bertz CT molecular complexity index is 689. The van der Waals surface area contributed by atoms with Crippen molar-refractivity contribution in [3.05, 3.63) is 48.2 Å². The van der Waals surface area contributed by atoms with Crippen LogP contribution in [0.1, 0.15) is 5.56 Å². The Kier molecular flexibility index (Phi) is 5.76. The van der Waals surface area contributed by atoms with Gasteiger partial charge in [-0.3, -0.25) is 15.1 Å². The summed E-state index contributed by atoms with van der Waals surface area (Å²) in [6, 6.07) is 11.7. The van der Waals surface area contributed by atoms with Gasteiger partial charge in [0.15, 0.2) is 0 Å². The second-order valence-electron chi connectivity index (χ2n) is 5.80. The Hall–Kier alpha value is -2.71. The van der Waals surface area contributed by atoms with Gasteiger partial charge >= 0.3 is 0 Å². The molecule has 0 unspecified atom stereocenters. The van der Waals surface area contributed by atoms with E-state index in [4.69, 9.17) is 10.6 Å². The molecule has 0 atom stereocenters. The second-order valence-corrected chi connectivity index (χ2v) is 5.80. The quantitative estimate of drug-likeness (QED) is 0.439. The van der Waals surface area contributed by atoms with Gasteiger partial charge in [0.1, 0.15) is 6.61 Å². The number of benzene rings is 1. The summed E-state index contributed by atoms with van der Waals surface area (Å²) in [7, 11) is 0. The maximum Gasteiger partial charge on any atom is 0.248 e. The Morgan fingerprint density at radius 2 is 1.92 bits per heavy atom. The molecule has 3 rings (SSSR count). The van der Waals surface area contributed by atoms with Gasteiger partial charge in [-0.15, -0.1) is 0 Å². The minimum atomic E-state index is -0.180. The van der Waals surface area contributed by atoms with Gasteiger partial charge in [0.25, 0.3) is 0 Å². The molecule has 8 nitrogen and oxygen atoms in total. The SMILES string of the molecule is NNC(=O)CN1CCN(c2nccc(OCc3ccccc3)n2)CC1. The summed E-state index contributed by atoms with van der Waals surface area (Å²) in [5.41, 5.74) is 3.25. The lowest BCUT2D eigenvalue weighted by atomic mass is 10.2. The van der Waals surface area contributed by atoms with E-state index in [0.29, 0.717) is 25.0 Å². The van der Waals surface area contributed by atoms with Crippen LogP contribution in [0.4, 0.5) is 5.95 Å². The zero-order valence-electron chi connectivity index (χ0n) is 14.0. The van der Waals surface area contributed by atoms with E-state index >= 15 is 0 Å². The average Bonchev–Trinajstić information content (AvgIpc) is 2.68. The number of nitrogens with two attached hydrogens (primary N) is 1. The van der Waals surface area contributed by atoms with E-state index in [0.717, 1.165) is 31.7 Å². The van der Waals surface area contributed by atoms with Crippen LogP contribution in [0, 0.1) is 0 Å². The summed E-state index contributed by atoms with van der Waals surface area (Å²) in [6.07, 6.45) is 1.71. The van der Waals surface area contributed by atoms with Gasteiger partial charge in [0.2, 0.25) is 17.7 Å². The summed E-state index contributed by atoms with van der Waals surface area (Å²) in [6.45, 7) is 3.79. The van der Waals surface area contributed by atoms with Crippen molar-refractivity contribution in [1.82, 2.24) is 20.3 Å². The van der Waals surface area contributed by atoms with Crippen molar-refractivity contribution in [1.29, 1.82) is 0 Å². The molecule has 0 aliphatic carbocycles. The number of rotatable bonds is 6. The first-order valence-corrected chi connectivity index (χ1v) is 8.21. The summed E-state index contributed by atoms with van der Waals surface area (Å²) in [5.74, 6) is 6.15. The van der Waals surface area contributed by atoms with Gasteiger partial charge in [0, 0.05) is 38.4 Å². The molecule has 0 spiro atoms. The first kappa shape index (κ1) is 17.1. The normalized spacial score (nSPS) is 15.0. The predicted molar refractivity (Wildman–Crippen MR) is 93.8 cm³/mol. The van der Waals surface area contributed by atoms with Crippen molar-refractivity contribution in [2.24, 2.45) is 5.84 Å². The molecule has 1 amide bonds. The van der Waals surface area contributed by atoms with Crippen molar-refractivity contribution in [3.63, 3.8) is 0 Å². The molecule has 0 radical (unpaired) electrons. The molecule has 8 heteroatoms. The number of carbonyl (C=O) groups is 1. The molecule has 25 heavy (non-hydrogen) atoms. The molecule has 1 aliphatic rings. The highest BCUT2D eigenvalue weighted by molar-refractivity contribution is 5.77. The third-order valence-electron chi connectivity index (χ3n) is 4.03. The molecule has 1 aliphatic heterocycles. The molecule has 0 bridgehead atoms. The number of hydrazine groups is 1. The van der Waals surface area contributed by atoms with Gasteiger partial charge in [-0.2, -0.15) is 4.98 Å². The van der Waals surface area contributed by atoms with Gasteiger partial charge in [-0.1, -0.05) is 30.3 Å². The molecule has 0 saturated carbocycles. The summed E-state index contributed by atoms with van der Waals surface area (Å²) in [4.78, 5) is 24.3. The second kappa shape index (κ2) is 8.41. The lowest BCUT2D eigenvalue weighted by Crippen LogP contribution is -2.50. The monoisotopic (exact) mass is 342 g/mol. The van der Waals surface area contributed by atoms with E-state index in [2.05, 4.69) is 25.2 Å². The minimum absolute atomic E-state index is 0.180. The number of ether oxygens (including phenoxy) is 1. The fourth-order valence-corrected chi connectivity index (χ4v) is 2.65. The summed E-state index contributed by atoms with van der Waals surface area (Å²) < 4.78 is 5.76. The number of nitrogens with one attached hydrogen (secondary N) is 1. The van der Waals surface area contributed by atoms with Crippen molar-refractivity contribution >= 4 is 11.9 Å². The highest BCUT2D eigenvalue weighted by Gasteiger charge is 2.20. The van der Waals surface area contributed by atoms with Gasteiger partial charge in [-0.25, -0.2) is 10.8 Å². The van der Waals surface area contributed by atoms with Crippen LogP contribution in [0.25, 0.3) is 0 Å². The number of amides is 1. The standard InChI is InChI=1S/C17H22N6O2/c18-21-15(24)12-22-8-10-23(11-9-22)17-19-7-6-16(20-17)25-13-14-4-2-1-3-5-14/h1-7H,8-13,18H2,(H,21,24). The van der Waals surface area contributed by atoms with Gasteiger partial charge < -0.3 is 9.64 Å². The highest BCUT2D eigenvalue weighted by atomic mass is 16.5. The molecule has 2 aromatic rings. The molecule has 2 heterocycles. The number of aromatic nitrogens is 2. The molecule has 1 aromatic heterocycles. The van der Waals surface area contributed by atoms with E-state index in [9.17, 15) is 4.79 Å². The van der Waals surface area contributed by atoms with E-state index in [-0.39, 0.29) is 5.91 Å². The van der Waals surface area contributed by atoms with Crippen LogP contribution in [0.3, 0.4) is 0 Å². The van der Waals surface area contributed by atoms with Crippen molar-refractivity contribution in [2.75, 3.05) is 37.6 Å². The van der Waals surface area contributed by atoms with Crippen LogP contribution < -0.4 is 20.9 Å². The maximum absolute atomic E-state index is 11.3. The number of piperazine rings is 1. The molecular formula is C17H22N6O2. The molecule has 1 aromatic carbocycles. The Morgan fingerprint density at radius 3 is 2.64 bits per heavy atom. The highest BCUT2D eigenvalue weighted by Crippen LogP contribution is 2.16. The third-order valence-corrected chi connectivity index (χ3v) is 4.03. The largest absolute Gasteiger partial charge is 0.473 e. The van der Waals surface area contributed by atoms with E-state index in [1.165, 1.54) is 0 Å². The van der Waals surface area contributed by atoms with Gasteiger partial charge in [-0.05, 0) is 5.56 Å². The van der Waals surface area contributed by atoms with Crippen LogP contribution >= 0.6 is 0 Å². The number of anilines is 1. The van der Waals surface area contributed by atoms with Crippen molar-refractivity contribution in [2.45, 2.75) is 6.61 Å². The van der Waals surface area contributed by atoms with Crippen LogP contribution in [0.2, 0.25) is 0 Å². The Morgan fingerprint density at radius 1 is 1.16 bits per heavy atom. The topological polar surface area (TPSA) is 96.6 Å². The molecule has 3 N–H and O–H groups in total.